The quantitative estimate of drug-likeness (QED) is 0.906. The molecule has 1 atom stereocenters. The highest BCUT2D eigenvalue weighted by Crippen LogP contribution is 2.28. The zero-order valence-corrected chi connectivity index (χ0v) is 14.4. The third-order valence-corrected chi connectivity index (χ3v) is 5.11. The molecule has 25 heavy (non-hydrogen) atoms. The molecule has 1 saturated carbocycles. The number of amides is 1. The topological polar surface area (TPSA) is 63.6 Å². The number of pyridine rings is 1. The van der Waals surface area contributed by atoms with Crippen LogP contribution in [-0.2, 0) is 11.8 Å². The molecule has 6 nitrogen and oxygen atoms in total. The minimum Gasteiger partial charge on any atom is -0.374 e. The van der Waals surface area contributed by atoms with Crippen molar-refractivity contribution < 1.29 is 9.53 Å². The van der Waals surface area contributed by atoms with E-state index in [2.05, 4.69) is 10.2 Å². The summed E-state index contributed by atoms with van der Waals surface area (Å²) in [6.45, 7) is 3.02. The average molecular weight is 341 g/mol. The van der Waals surface area contributed by atoms with Crippen LogP contribution in [0.5, 0.6) is 0 Å². The molecule has 1 amide bonds. The third kappa shape index (κ3) is 3.32. The summed E-state index contributed by atoms with van der Waals surface area (Å²) in [5.41, 5.74) is 0.218. The number of nitrogens with zero attached hydrogens (tertiary/aromatic N) is 2. The van der Waals surface area contributed by atoms with Crippen LogP contribution >= 0.6 is 0 Å². The average Bonchev–Trinajstić information content (AvgIpc) is 3.48. The first-order valence-electron chi connectivity index (χ1n) is 8.86. The summed E-state index contributed by atoms with van der Waals surface area (Å²) >= 11 is 0. The monoisotopic (exact) mass is 341 g/mol. The second-order valence-electron chi connectivity index (χ2n) is 6.91. The van der Waals surface area contributed by atoms with E-state index in [1.807, 2.05) is 18.2 Å². The number of carbonyl (C=O) groups excluding carboxylic acids is 1. The van der Waals surface area contributed by atoms with Gasteiger partial charge in [-0.05, 0) is 30.4 Å². The van der Waals surface area contributed by atoms with E-state index >= 15 is 0 Å². The molecule has 2 fully saturated rings. The summed E-state index contributed by atoms with van der Waals surface area (Å²) in [5, 5.41) is 4.34. The van der Waals surface area contributed by atoms with Crippen molar-refractivity contribution in [3.8, 4) is 0 Å². The highest BCUT2D eigenvalue weighted by molar-refractivity contribution is 5.96. The Labute approximate surface area is 146 Å². The van der Waals surface area contributed by atoms with Gasteiger partial charge in [0.25, 0.3) is 11.5 Å². The normalized spacial score (nSPS) is 21.4. The number of morpholine rings is 1. The van der Waals surface area contributed by atoms with Crippen molar-refractivity contribution >= 4 is 16.7 Å². The van der Waals surface area contributed by atoms with E-state index in [9.17, 15) is 9.59 Å². The zero-order valence-electron chi connectivity index (χ0n) is 14.4. The van der Waals surface area contributed by atoms with Gasteiger partial charge < -0.3 is 14.6 Å². The maximum absolute atomic E-state index is 12.6. The van der Waals surface area contributed by atoms with Gasteiger partial charge in [-0.1, -0.05) is 18.2 Å². The van der Waals surface area contributed by atoms with Gasteiger partial charge in [-0.2, -0.15) is 0 Å². The number of carbonyl (C=O) groups is 1. The molecule has 2 aliphatic rings. The molecule has 1 aliphatic carbocycles. The van der Waals surface area contributed by atoms with E-state index in [-0.39, 0.29) is 17.6 Å². The summed E-state index contributed by atoms with van der Waals surface area (Å²) < 4.78 is 7.18. The predicted octanol–water partition coefficient (Wildman–Crippen LogP) is 1.13. The van der Waals surface area contributed by atoms with Crippen LogP contribution in [0, 0.1) is 0 Å². The summed E-state index contributed by atoms with van der Waals surface area (Å²) in [6, 6.07) is 9.81. The molecule has 4 rings (SSSR count). The molecule has 0 radical (unpaired) electrons. The fraction of sp³-hybridized carbons (Fsp3) is 0.474. The van der Waals surface area contributed by atoms with Crippen LogP contribution in [0.15, 0.2) is 35.1 Å². The van der Waals surface area contributed by atoms with Crippen LogP contribution in [0.3, 0.4) is 0 Å². The van der Waals surface area contributed by atoms with Gasteiger partial charge in [0.2, 0.25) is 0 Å². The van der Waals surface area contributed by atoms with E-state index in [1.165, 1.54) is 17.4 Å². The number of rotatable bonds is 4. The first-order chi connectivity index (χ1) is 12.1. The zero-order chi connectivity index (χ0) is 17.4. The molecule has 0 bridgehead atoms. The number of hydrogen-bond acceptors (Lipinski definition) is 4. The Morgan fingerprint density at radius 1 is 1.32 bits per heavy atom. The van der Waals surface area contributed by atoms with E-state index < -0.39 is 0 Å². The third-order valence-electron chi connectivity index (χ3n) is 5.11. The molecule has 2 aromatic rings. The fourth-order valence-electron chi connectivity index (χ4n) is 3.50. The molecule has 1 N–H and O–H groups in total. The summed E-state index contributed by atoms with van der Waals surface area (Å²) in [4.78, 5) is 27.5. The highest BCUT2D eigenvalue weighted by atomic mass is 16.5. The number of aromatic nitrogens is 1. The number of fused-ring (bicyclic) bond motifs is 1. The lowest BCUT2D eigenvalue weighted by Gasteiger charge is -2.33. The van der Waals surface area contributed by atoms with Crippen molar-refractivity contribution in [1.29, 1.82) is 0 Å². The molecular formula is C19H23N3O3. The Morgan fingerprint density at radius 3 is 2.92 bits per heavy atom. The van der Waals surface area contributed by atoms with Crippen molar-refractivity contribution in [2.24, 2.45) is 7.05 Å². The van der Waals surface area contributed by atoms with Crippen LogP contribution in [0.1, 0.15) is 23.3 Å². The molecule has 1 saturated heterocycles. The van der Waals surface area contributed by atoms with Gasteiger partial charge in [-0.15, -0.1) is 0 Å². The van der Waals surface area contributed by atoms with Crippen molar-refractivity contribution in [2.45, 2.75) is 25.0 Å². The lowest BCUT2D eigenvalue weighted by Crippen LogP contribution is -2.48. The maximum Gasteiger partial charge on any atom is 0.268 e. The minimum absolute atomic E-state index is 0.00999. The van der Waals surface area contributed by atoms with Crippen LogP contribution in [0.4, 0.5) is 0 Å². The summed E-state index contributed by atoms with van der Waals surface area (Å²) in [7, 11) is 1.63. The lowest BCUT2D eigenvalue weighted by molar-refractivity contribution is -0.0293. The molecule has 1 aromatic heterocycles. The molecule has 1 aliphatic heterocycles. The molecular weight excluding hydrogens is 318 g/mol. The van der Waals surface area contributed by atoms with Gasteiger partial charge in [-0.3, -0.25) is 14.5 Å². The number of hydrogen-bond donors (Lipinski definition) is 1. The Kier molecular flexibility index (Phi) is 4.31. The van der Waals surface area contributed by atoms with Gasteiger partial charge in [0.15, 0.2) is 0 Å². The van der Waals surface area contributed by atoms with E-state index in [4.69, 9.17) is 4.74 Å². The largest absolute Gasteiger partial charge is 0.374 e. The molecule has 6 heteroatoms. The Balaban J connectivity index is 1.46. The second kappa shape index (κ2) is 6.61. The van der Waals surface area contributed by atoms with Crippen molar-refractivity contribution in [3.63, 3.8) is 0 Å². The SMILES string of the molecule is Cn1c(C(=O)NCC2CN(C3CC3)CCO2)cc2ccccc2c1=O. The van der Waals surface area contributed by atoms with Gasteiger partial charge in [0, 0.05) is 38.1 Å². The van der Waals surface area contributed by atoms with Crippen LogP contribution in [0.2, 0.25) is 0 Å². The summed E-state index contributed by atoms with van der Waals surface area (Å²) in [6.07, 6.45) is 2.56. The number of nitrogens with one attached hydrogen (secondary N) is 1. The Hall–Kier alpha value is -2.18. The maximum atomic E-state index is 12.6. The van der Waals surface area contributed by atoms with Crippen molar-refractivity contribution in [1.82, 2.24) is 14.8 Å². The smallest absolute Gasteiger partial charge is 0.268 e. The highest BCUT2D eigenvalue weighted by Gasteiger charge is 2.33. The fourth-order valence-corrected chi connectivity index (χ4v) is 3.50. The molecule has 2 heterocycles. The second-order valence-corrected chi connectivity index (χ2v) is 6.91. The van der Waals surface area contributed by atoms with Crippen LogP contribution in [0.25, 0.3) is 10.8 Å². The van der Waals surface area contributed by atoms with Gasteiger partial charge in [-0.25, -0.2) is 0 Å². The molecule has 1 aromatic carbocycles. The molecule has 0 spiro atoms. The van der Waals surface area contributed by atoms with Crippen LogP contribution < -0.4 is 10.9 Å². The first-order valence-corrected chi connectivity index (χ1v) is 8.86. The van der Waals surface area contributed by atoms with Gasteiger partial charge in [0.05, 0.1) is 12.7 Å². The number of benzene rings is 1. The Bertz CT molecular complexity index is 857. The van der Waals surface area contributed by atoms with E-state index in [1.54, 1.807) is 19.2 Å². The van der Waals surface area contributed by atoms with Crippen LogP contribution in [-0.4, -0.2) is 53.8 Å². The van der Waals surface area contributed by atoms with Crippen molar-refractivity contribution in [2.75, 3.05) is 26.2 Å². The lowest BCUT2D eigenvalue weighted by atomic mass is 10.1. The summed E-state index contributed by atoms with van der Waals surface area (Å²) in [5.74, 6) is -0.238. The van der Waals surface area contributed by atoms with E-state index in [0.29, 0.717) is 30.3 Å². The van der Waals surface area contributed by atoms with E-state index in [0.717, 1.165) is 18.5 Å². The number of ether oxygens (including phenoxy) is 1. The van der Waals surface area contributed by atoms with Gasteiger partial charge >= 0.3 is 0 Å². The Morgan fingerprint density at radius 2 is 2.12 bits per heavy atom. The van der Waals surface area contributed by atoms with Gasteiger partial charge in [0.1, 0.15) is 5.69 Å². The predicted molar refractivity (Wildman–Crippen MR) is 95.9 cm³/mol. The standard InChI is InChI=1S/C19H23N3O3/c1-21-17(10-13-4-2-3-5-16(13)19(21)24)18(23)20-11-15-12-22(8-9-25-15)14-6-7-14/h2-5,10,14-15H,6-9,11-12H2,1H3,(H,20,23). The minimum atomic E-state index is -0.238. The van der Waals surface area contributed by atoms with Crippen molar-refractivity contribution in [3.05, 3.63) is 46.4 Å². The molecule has 1 unspecified atom stereocenters. The first kappa shape index (κ1) is 16.3. The molecule has 132 valence electrons.